The number of fused-ring (bicyclic) bond motifs is 1. The van der Waals surface area contributed by atoms with Crippen molar-refractivity contribution in [1.82, 2.24) is 10.0 Å². The summed E-state index contributed by atoms with van der Waals surface area (Å²) in [5, 5.41) is 2.81. The van der Waals surface area contributed by atoms with Crippen LogP contribution >= 0.6 is 0 Å². The van der Waals surface area contributed by atoms with E-state index in [0.29, 0.717) is 6.54 Å². The Morgan fingerprint density at radius 3 is 2.59 bits per heavy atom. The van der Waals surface area contributed by atoms with Crippen molar-refractivity contribution in [2.24, 2.45) is 5.92 Å². The highest BCUT2D eigenvalue weighted by Gasteiger charge is 2.24. The Bertz CT molecular complexity index is 816. The van der Waals surface area contributed by atoms with Crippen LogP contribution in [-0.4, -0.2) is 39.9 Å². The molecule has 1 aromatic rings. The predicted octanol–water partition coefficient (Wildman–Crippen LogP) is 1.57. The summed E-state index contributed by atoms with van der Waals surface area (Å²) in [6.07, 6.45) is 5.58. The minimum atomic E-state index is -3.65. The van der Waals surface area contributed by atoms with Crippen LogP contribution in [0.3, 0.4) is 0 Å². The van der Waals surface area contributed by atoms with E-state index in [1.165, 1.54) is 13.0 Å². The summed E-state index contributed by atoms with van der Waals surface area (Å²) in [5.41, 5.74) is 1.66. The van der Waals surface area contributed by atoms with Crippen molar-refractivity contribution in [2.45, 2.75) is 50.3 Å². The molecule has 1 fully saturated rings. The van der Waals surface area contributed by atoms with Crippen LogP contribution in [0.2, 0.25) is 0 Å². The molecule has 0 bridgehead atoms. The van der Waals surface area contributed by atoms with Gasteiger partial charge in [-0.1, -0.05) is 12.8 Å². The summed E-state index contributed by atoms with van der Waals surface area (Å²) < 4.78 is 27.6. The Labute approximate surface area is 160 Å². The lowest BCUT2D eigenvalue weighted by atomic mass is 10.0. The van der Waals surface area contributed by atoms with Gasteiger partial charge in [0.05, 0.1) is 4.90 Å². The van der Waals surface area contributed by atoms with Crippen LogP contribution in [0.5, 0.6) is 0 Å². The molecule has 0 atom stereocenters. The molecule has 8 heteroatoms. The molecule has 1 heterocycles. The zero-order chi connectivity index (χ0) is 19.4. The van der Waals surface area contributed by atoms with Gasteiger partial charge in [-0.3, -0.25) is 9.59 Å². The van der Waals surface area contributed by atoms with Crippen LogP contribution in [0, 0.1) is 5.92 Å². The summed E-state index contributed by atoms with van der Waals surface area (Å²) in [7, 11) is -3.65. The molecule has 0 radical (unpaired) electrons. The maximum Gasteiger partial charge on any atom is 0.240 e. The smallest absolute Gasteiger partial charge is 0.240 e. The average molecular weight is 394 g/mol. The lowest BCUT2D eigenvalue weighted by Crippen LogP contribution is -2.37. The third-order valence-corrected chi connectivity index (χ3v) is 6.76. The van der Waals surface area contributed by atoms with Gasteiger partial charge in [0.2, 0.25) is 21.8 Å². The average Bonchev–Trinajstić information content (AvgIpc) is 3.19. The molecule has 2 amide bonds. The summed E-state index contributed by atoms with van der Waals surface area (Å²) in [6, 6.07) is 4.87. The van der Waals surface area contributed by atoms with Crippen LogP contribution in [0.15, 0.2) is 23.1 Å². The topological polar surface area (TPSA) is 95.6 Å². The standard InChI is InChI=1S/C19H27N3O4S/c1-14(23)22-12-4-7-16-13-17(8-9-18(16)22)27(25,26)21-11-10-20-19(24)15-5-2-3-6-15/h8-9,13,15,21H,2-7,10-12H2,1H3,(H,20,24). The number of nitrogens with one attached hydrogen (secondary N) is 2. The highest BCUT2D eigenvalue weighted by molar-refractivity contribution is 7.89. The molecule has 7 nitrogen and oxygen atoms in total. The number of aryl methyl sites for hydroxylation is 1. The second kappa shape index (κ2) is 8.39. The Balaban J connectivity index is 1.58. The van der Waals surface area contributed by atoms with Gasteiger partial charge >= 0.3 is 0 Å². The van der Waals surface area contributed by atoms with E-state index in [2.05, 4.69) is 10.0 Å². The lowest BCUT2D eigenvalue weighted by Gasteiger charge is -2.28. The molecule has 1 aliphatic carbocycles. The van der Waals surface area contributed by atoms with Gasteiger partial charge in [0.15, 0.2) is 0 Å². The zero-order valence-electron chi connectivity index (χ0n) is 15.7. The molecule has 2 N–H and O–H groups in total. The van der Waals surface area contributed by atoms with E-state index in [-0.39, 0.29) is 35.7 Å². The van der Waals surface area contributed by atoms with E-state index < -0.39 is 10.0 Å². The second-order valence-electron chi connectivity index (χ2n) is 7.23. The third-order valence-electron chi connectivity index (χ3n) is 5.30. The first kappa shape index (κ1) is 19.8. The number of benzene rings is 1. The Morgan fingerprint density at radius 2 is 1.89 bits per heavy atom. The van der Waals surface area contributed by atoms with Crippen LogP contribution in [0.4, 0.5) is 5.69 Å². The van der Waals surface area contributed by atoms with E-state index in [4.69, 9.17) is 0 Å². The van der Waals surface area contributed by atoms with Crippen molar-refractivity contribution in [3.8, 4) is 0 Å². The van der Waals surface area contributed by atoms with Crippen molar-refractivity contribution < 1.29 is 18.0 Å². The molecule has 1 aromatic carbocycles. The van der Waals surface area contributed by atoms with Crippen molar-refractivity contribution >= 4 is 27.5 Å². The van der Waals surface area contributed by atoms with E-state index in [1.54, 1.807) is 17.0 Å². The molecule has 1 aliphatic heterocycles. The number of carbonyl (C=O) groups excluding carboxylic acids is 2. The number of carbonyl (C=O) groups is 2. The van der Waals surface area contributed by atoms with E-state index in [1.807, 2.05) is 0 Å². The molecule has 27 heavy (non-hydrogen) atoms. The zero-order valence-corrected chi connectivity index (χ0v) is 16.5. The van der Waals surface area contributed by atoms with Gasteiger partial charge in [0.1, 0.15) is 0 Å². The van der Waals surface area contributed by atoms with Gasteiger partial charge in [-0.05, 0) is 49.4 Å². The van der Waals surface area contributed by atoms with E-state index >= 15 is 0 Å². The molecular weight excluding hydrogens is 366 g/mol. The van der Waals surface area contributed by atoms with Gasteiger partial charge in [0.25, 0.3) is 0 Å². The van der Waals surface area contributed by atoms with Crippen molar-refractivity contribution in [3.63, 3.8) is 0 Å². The van der Waals surface area contributed by atoms with Crippen LogP contribution < -0.4 is 14.9 Å². The fraction of sp³-hybridized carbons (Fsp3) is 0.579. The highest BCUT2D eigenvalue weighted by Crippen LogP contribution is 2.29. The summed E-state index contributed by atoms with van der Waals surface area (Å²) >= 11 is 0. The Kier molecular flexibility index (Phi) is 6.16. The monoisotopic (exact) mass is 393 g/mol. The number of hydrogen-bond acceptors (Lipinski definition) is 4. The largest absolute Gasteiger partial charge is 0.355 e. The lowest BCUT2D eigenvalue weighted by molar-refractivity contribution is -0.124. The molecule has 0 unspecified atom stereocenters. The number of anilines is 1. The van der Waals surface area contributed by atoms with E-state index in [0.717, 1.165) is 49.8 Å². The number of hydrogen-bond donors (Lipinski definition) is 2. The molecule has 2 aliphatic rings. The summed E-state index contributed by atoms with van der Waals surface area (Å²) in [5.74, 6) is 0.0546. The highest BCUT2D eigenvalue weighted by atomic mass is 32.2. The first-order valence-corrected chi connectivity index (χ1v) is 11.1. The predicted molar refractivity (Wildman–Crippen MR) is 103 cm³/mol. The number of amides is 2. The molecular formula is C19H27N3O4S. The minimum absolute atomic E-state index is 0.0183. The Hall–Kier alpha value is -1.93. The molecule has 3 rings (SSSR count). The fourth-order valence-electron chi connectivity index (χ4n) is 3.85. The third kappa shape index (κ3) is 4.68. The van der Waals surface area contributed by atoms with Gasteiger partial charge in [-0.15, -0.1) is 0 Å². The number of rotatable bonds is 6. The quantitative estimate of drug-likeness (QED) is 0.717. The van der Waals surface area contributed by atoms with Crippen molar-refractivity contribution in [1.29, 1.82) is 0 Å². The summed E-state index contributed by atoms with van der Waals surface area (Å²) in [6.45, 7) is 2.60. The Morgan fingerprint density at radius 1 is 1.15 bits per heavy atom. The molecule has 148 valence electrons. The normalized spacial score (nSPS) is 17.6. The molecule has 0 saturated heterocycles. The van der Waals surface area contributed by atoms with Gasteiger partial charge < -0.3 is 10.2 Å². The second-order valence-corrected chi connectivity index (χ2v) is 9.00. The fourth-order valence-corrected chi connectivity index (χ4v) is 4.94. The molecule has 0 aromatic heterocycles. The summed E-state index contributed by atoms with van der Waals surface area (Å²) in [4.78, 5) is 25.6. The molecule has 1 saturated carbocycles. The van der Waals surface area contributed by atoms with Gasteiger partial charge in [0, 0.05) is 38.2 Å². The maximum atomic E-state index is 12.5. The van der Waals surface area contributed by atoms with E-state index in [9.17, 15) is 18.0 Å². The molecule has 0 spiro atoms. The van der Waals surface area contributed by atoms with Crippen molar-refractivity contribution in [3.05, 3.63) is 23.8 Å². The van der Waals surface area contributed by atoms with Gasteiger partial charge in [-0.25, -0.2) is 13.1 Å². The minimum Gasteiger partial charge on any atom is -0.355 e. The number of nitrogens with zero attached hydrogens (tertiary/aromatic N) is 1. The first-order chi connectivity index (χ1) is 12.9. The van der Waals surface area contributed by atoms with Gasteiger partial charge in [-0.2, -0.15) is 0 Å². The van der Waals surface area contributed by atoms with Crippen LogP contribution in [0.1, 0.15) is 44.6 Å². The van der Waals surface area contributed by atoms with Crippen LogP contribution in [0.25, 0.3) is 0 Å². The van der Waals surface area contributed by atoms with Crippen molar-refractivity contribution in [2.75, 3.05) is 24.5 Å². The maximum absolute atomic E-state index is 12.5. The number of sulfonamides is 1. The SMILES string of the molecule is CC(=O)N1CCCc2cc(S(=O)(=O)NCCNC(=O)C3CCCC3)ccc21. The first-order valence-electron chi connectivity index (χ1n) is 9.57. The van der Waals surface area contributed by atoms with Crippen LogP contribution in [-0.2, 0) is 26.0 Å².